The largest absolute Gasteiger partial charge is 0.459 e. The van der Waals surface area contributed by atoms with Crippen LogP contribution in [0.4, 0.5) is 0 Å². The van der Waals surface area contributed by atoms with Gasteiger partial charge < -0.3 is 14.6 Å². The molecule has 1 aromatic heterocycles. The van der Waals surface area contributed by atoms with Gasteiger partial charge in [0.15, 0.2) is 5.76 Å². The Labute approximate surface area is 131 Å². The first-order valence-electron chi connectivity index (χ1n) is 7.43. The molecule has 1 aromatic rings. The van der Waals surface area contributed by atoms with Crippen LogP contribution in [0.3, 0.4) is 0 Å². The van der Waals surface area contributed by atoms with Crippen LogP contribution in [0.2, 0.25) is 0 Å². The molecule has 0 unspecified atom stereocenters. The maximum atomic E-state index is 12.6. The highest BCUT2D eigenvalue weighted by Gasteiger charge is 2.29. The van der Waals surface area contributed by atoms with Crippen molar-refractivity contribution >= 4 is 11.8 Å². The lowest BCUT2D eigenvalue weighted by Gasteiger charge is -2.29. The smallest absolute Gasteiger partial charge is 0.287 e. The molecule has 0 aliphatic heterocycles. The predicted octanol–water partition coefficient (Wildman–Crippen LogP) is 2.04. The van der Waals surface area contributed by atoms with Gasteiger partial charge in [0, 0.05) is 13.1 Å². The number of carbonyl (C=O) groups excluding carboxylic acids is 2. The van der Waals surface area contributed by atoms with Gasteiger partial charge in [-0.2, -0.15) is 5.26 Å². The fourth-order valence-electron chi connectivity index (χ4n) is 2.08. The summed E-state index contributed by atoms with van der Waals surface area (Å²) in [6.45, 7) is 8.20. The van der Waals surface area contributed by atoms with Gasteiger partial charge in [0.25, 0.3) is 5.91 Å². The molecule has 2 amide bonds. The molecule has 0 spiro atoms. The van der Waals surface area contributed by atoms with Crippen LogP contribution in [-0.4, -0.2) is 35.8 Å². The van der Waals surface area contributed by atoms with Gasteiger partial charge in [-0.25, -0.2) is 0 Å². The highest BCUT2D eigenvalue weighted by Crippen LogP contribution is 2.10. The quantitative estimate of drug-likeness (QED) is 0.835. The fraction of sp³-hybridized carbons (Fsp3) is 0.562. The van der Waals surface area contributed by atoms with Gasteiger partial charge in [-0.3, -0.25) is 9.59 Å². The Morgan fingerprint density at radius 2 is 2.09 bits per heavy atom. The predicted molar refractivity (Wildman–Crippen MR) is 81.8 cm³/mol. The first-order valence-corrected chi connectivity index (χ1v) is 7.43. The maximum Gasteiger partial charge on any atom is 0.287 e. The van der Waals surface area contributed by atoms with Gasteiger partial charge in [0.05, 0.1) is 18.3 Å². The Morgan fingerprint density at radius 3 is 2.55 bits per heavy atom. The summed E-state index contributed by atoms with van der Waals surface area (Å²) in [6, 6.07) is 4.64. The summed E-state index contributed by atoms with van der Waals surface area (Å²) < 4.78 is 5.04. The zero-order chi connectivity index (χ0) is 16.7. The lowest BCUT2D eigenvalue weighted by atomic mass is 10.0. The van der Waals surface area contributed by atoms with Crippen LogP contribution in [-0.2, 0) is 4.79 Å². The molecule has 1 N–H and O–H groups in total. The van der Waals surface area contributed by atoms with Crippen molar-refractivity contribution in [1.29, 1.82) is 5.26 Å². The van der Waals surface area contributed by atoms with Gasteiger partial charge >= 0.3 is 0 Å². The summed E-state index contributed by atoms with van der Waals surface area (Å²) in [7, 11) is 0. The summed E-state index contributed by atoms with van der Waals surface area (Å²) in [5, 5.41) is 11.6. The number of nitriles is 1. The van der Waals surface area contributed by atoms with E-state index in [1.54, 1.807) is 24.0 Å². The second-order valence-electron chi connectivity index (χ2n) is 5.58. The van der Waals surface area contributed by atoms with Crippen molar-refractivity contribution in [1.82, 2.24) is 10.2 Å². The molecule has 0 bridgehead atoms. The van der Waals surface area contributed by atoms with E-state index in [-0.39, 0.29) is 23.5 Å². The van der Waals surface area contributed by atoms with Gasteiger partial charge in [0.1, 0.15) is 6.04 Å². The van der Waals surface area contributed by atoms with Crippen molar-refractivity contribution in [2.24, 2.45) is 11.8 Å². The van der Waals surface area contributed by atoms with Crippen LogP contribution in [0.1, 0.15) is 38.2 Å². The van der Waals surface area contributed by atoms with Crippen LogP contribution < -0.4 is 5.32 Å². The van der Waals surface area contributed by atoms with Crippen molar-refractivity contribution < 1.29 is 14.0 Å². The maximum absolute atomic E-state index is 12.6. The standard InChI is InChI=1S/C16H23N3O3/c1-5-19(10-12(4)9-17)16(21)14(11(2)3)18-15(20)13-7-6-8-22-13/h6-8,11-12,14H,5,10H2,1-4H3,(H,18,20)/t12-,14-/m1/s1. The number of hydrogen-bond acceptors (Lipinski definition) is 4. The van der Waals surface area contributed by atoms with Crippen molar-refractivity contribution in [2.45, 2.75) is 33.7 Å². The van der Waals surface area contributed by atoms with Gasteiger partial charge in [-0.15, -0.1) is 0 Å². The third kappa shape index (κ3) is 4.62. The molecule has 120 valence electrons. The van der Waals surface area contributed by atoms with E-state index in [2.05, 4.69) is 11.4 Å². The highest BCUT2D eigenvalue weighted by molar-refractivity contribution is 5.95. The zero-order valence-corrected chi connectivity index (χ0v) is 13.5. The molecule has 0 aliphatic carbocycles. The number of furan rings is 1. The topological polar surface area (TPSA) is 86.3 Å². The first kappa shape index (κ1) is 17.8. The molecule has 6 nitrogen and oxygen atoms in total. The van der Waals surface area contributed by atoms with Crippen molar-refractivity contribution in [2.75, 3.05) is 13.1 Å². The van der Waals surface area contributed by atoms with E-state index in [0.717, 1.165) is 0 Å². The number of amides is 2. The number of nitrogens with one attached hydrogen (secondary N) is 1. The Bertz CT molecular complexity index is 531. The van der Waals surface area contributed by atoms with Crippen LogP contribution in [0.5, 0.6) is 0 Å². The SMILES string of the molecule is CCN(C[C@H](C)C#N)C(=O)[C@H](NC(=O)c1ccco1)C(C)C. The molecule has 0 aromatic carbocycles. The average Bonchev–Trinajstić information content (AvgIpc) is 3.03. The second-order valence-corrected chi connectivity index (χ2v) is 5.58. The summed E-state index contributed by atoms with van der Waals surface area (Å²) >= 11 is 0. The highest BCUT2D eigenvalue weighted by atomic mass is 16.3. The lowest BCUT2D eigenvalue weighted by molar-refractivity contribution is -0.134. The number of likely N-dealkylation sites (N-methyl/N-ethyl adjacent to an activating group) is 1. The normalized spacial score (nSPS) is 13.3. The summed E-state index contributed by atoms with van der Waals surface area (Å²) in [6.07, 6.45) is 1.41. The minimum absolute atomic E-state index is 0.0714. The molecule has 2 atom stereocenters. The Hall–Kier alpha value is -2.29. The molecule has 0 aliphatic rings. The van der Waals surface area contributed by atoms with E-state index in [4.69, 9.17) is 9.68 Å². The van der Waals surface area contributed by atoms with E-state index in [0.29, 0.717) is 13.1 Å². The third-order valence-electron chi connectivity index (χ3n) is 3.37. The van der Waals surface area contributed by atoms with E-state index in [1.807, 2.05) is 20.8 Å². The van der Waals surface area contributed by atoms with Crippen LogP contribution in [0.15, 0.2) is 22.8 Å². The molecule has 1 rings (SSSR count). The second kappa shape index (κ2) is 8.23. The summed E-state index contributed by atoms with van der Waals surface area (Å²) in [4.78, 5) is 26.3. The number of hydrogen-bond donors (Lipinski definition) is 1. The number of nitrogens with zero attached hydrogens (tertiary/aromatic N) is 2. The number of rotatable bonds is 7. The van der Waals surface area contributed by atoms with Gasteiger partial charge in [0.2, 0.25) is 5.91 Å². The zero-order valence-electron chi connectivity index (χ0n) is 13.5. The number of carbonyl (C=O) groups is 2. The van der Waals surface area contributed by atoms with Crippen molar-refractivity contribution in [3.63, 3.8) is 0 Å². The van der Waals surface area contributed by atoms with Gasteiger partial charge in [-0.1, -0.05) is 13.8 Å². The molecular weight excluding hydrogens is 282 g/mol. The molecule has 0 saturated carbocycles. The summed E-state index contributed by atoms with van der Waals surface area (Å²) in [5.41, 5.74) is 0. The van der Waals surface area contributed by atoms with Gasteiger partial charge in [-0.05, 0) is 31.9 Å². The molecule has 0 fully saturated rings. The Morgan fingerprint density at radius 1 is 1.41 bits per heavy atom. The molecule has 1 heterocycles. The van der Waals surface area contributed by atoms with E-state index in [1.165, 1.54) is 6.26 Å². The first-order chi connectivity index (χ1) is 10.4. The van der Waals surface area contributed by atoms with Crippen LogP contribution in [0, 0.1) is 23.2 Å². The van der Waals surface area contributed by atoms with Crippen molar-refractivity contribution in [3.05, 3.63) is 24.2 Å². The minimum Gasteiger partial charge on any atom is -0.459 e. The molecule has 0 saturated heterocycles. The molecular formula is C16H23N3O3. The lowest BCUT2D eigenvalue weighted by Crippen LogP contribution is -2.52. The average molecular weight is 305 g/mol. The van der Waals surface area contributed by atoms with E-state index in [9.17, 15) is 9.59 Å². The summed E-state index contributed by atoms with van der Waals surface area (Å²) in [5.74, 6) is -0.747. The minimum atomic E-state index is -0.650. The van der Waals surface area contributed by atoms with E-state index >= 15 is 0 Å². The van der Waals surface area contributed by atoms with Crippen molar-refractivity contribution in [3.8, 4) is 6.07 Å². The fourth-order valence-corrected chi connectivity index (χ4v) is 2.08. The Balaban J connectivity index is 2.83. The Kier molecular flexibility index (Phi) is 6.64. The monoisotopic (exact) mass is 305 g/mol. The van der Waals surface area contributed by atoms with E-state index < -0.39 is 11.9 Å². The van der Waals surface area contributed by atoms with Crippen LogP contribution >= 0.6 is 0 Å². The third-order valence-corrected chi connectivity index (χ3v) is 3.37. The molecule has 22 heavy (non-hydrogen) atoms. The molecule has 0 radical (unpaired) electrons. The van der Waals surface area contributed by atoms with Crippen LogP contribution in [0.25, 0.3) is 0 Å². The molecule has 6 heteroatoms.